The summed E-state index contributed by atoms with van der Waals surface area (Å²) in [6.45, 7) is 0. The first-order chi connectivity index (χ1) is 7.84. The third-order valence-electron chi connectivity index (χ3n) is 2.74. The van der Waals surface area contributed by atoms with Gasteiger partial charge in [0.05, 0.1) is 5.57 Å². The normalized spacial score (nSPS) is 22.1. The first kappa shape index (κ1) is 9.16. The summed E-state index contributed by atoms with van der Waals surface area (Å²) in [6, 6.07) is 7.87. The van der Waals surface area contributed by atoms with Crippen LogP contribution >= 0.6 is 0 Å². The fourth-order valence-corrected chi connectivity index (χ4v) is 1.94. The molecule has 2 nitrogen and oxygen atoms in total. The van der Waals surface area contributed by atoms with Gasteiger partial charge in [-0.15, -0.1) is 0 Å². The smallest absolute Gasteiger partial charge is 0.189 e. The van der Waals surface area contributed by atoms with Crippen molar-refractivity contribution in [2.75, 3.05) is 0 Å². The first-order valence-corrected chi connectivity index (χ1v) is 5.22. The van der Waals surface area contributed by atoms with Crippen LogP contribution in [0.4, 0.5) is 0 Å². The summed E-state index contributed by atoms with van der Waals surface area (Å²) >= 11 is 0. The van der Waals surface area contributed by atoms with Crippen LogP contribution in [0.15, 0.2) is 59.9 Å². The second-order valence-corrected chi connectivity index (χ2v) is 3.81. The van der Waals surface area contributed by atoms with E-state index in [1.165, 1.54) is 0 Å². The van der Waals surface area contributed by atoms with Crippen LogP contribution in [0, 0.1) is 0 Å². The molecule has 16 heavy (non-hydrogen) atoms. The van der Waals surface area contributed by atoms with E-state index in [4.69, 9.17) is 4.74 Å². The number of para-hydroxylation sites is 1. The summed E-state index contributed by atoms with van der Waals surface area (Å²) < 4.78 is 5.69. The molecule has 2 heteroatoms. The van der Waals surface area contributed by atoms with Gasteiger partial charge in [0.2, 0.25) is 0 Å². The average Bonchev–Trinajstić information content (AvgIpc) is 2.73. The Kier molecular flexibility index (Phi) is 2.00. The zero-order chi connectivity index (χ0) is 11.0. The number of benzene rings is 1. The van der Waals surface area contributed by atoms with Crippen molar-refractivity contribution in [3.8, 4) is 5.75 Å². The maximum Gasteiger partial charge on any atom is 0.189 e. The van der Waals surface area contributed by atoms with Crippen molar-refractivity contribution in [2.24, 2.45) is 0 Å². The monoisotopic (exact) mass is 210 g/mol. The number of hydrogen-bond acceptors (Lipinski definition) is 2. The van der Waals surface area contributed by atoms with Gasteiger partial charge in [0.15, 0.2) is 5.78 Å². The number of carbonyl (C=O) groups is 1. The van der Waals surface area contributed by atoms with Gasteiger partial charge in [0.1, 0.15) is 11.5 Å². The molecule has 0 saturated carbocycles. The summed E-state index contributed by atoms with van der Waals surface area (Å²) in [5.41, 5.74) is 1.81. The lowest BCUT2D eigenvalue weighted by Gasteiger charge is -2.05. The molecular weight excluding hydrogens is 200 g/mol. The van der Waals surface area contributed by atoms with E-state index in [-0.39, 0.29) is 5.78 Å². The van der Waals surface area contributed by atoms with E-state index in [2.05, 4.69) is 0 Å². The minimum Gasteiger partial charge on any atom is -0.460 e. The van der Waals surface area contributed by atoms with E-state index in [0.29, 0.717) is 12.0 Å². The van der Waals surface area contributed by atoms with Crippen molar-refractivity contribution in [3.63, 3.8) is 0 Å². The van der Waals surface area contributed by atoms with Crippen molar-refractivity contribution in [2.45, 2.75) is 6.42 Å². The van der Waals surface area contributed by atoms with Gasteiger partial charge in [-0.05, 0) is 18.2 Å². The topological polar surface area (TPSA) is 26.3 Å². The molecule has 0 saturated heterocycles. The SMILES string of the molecule is O=C1C=CC=C/C1=C1/Cc2ccccc2O1. The van der Waals surface area contributed by atoms with Crippen LogP contribution in [-0.4, -0.2) is 5.78 Å². The first-order valence-electron chi connectivity index (χ1n) is 5.22. The van der Waals surface area contributed by atoms with Gasteiger partial charge >= 0.3 is 0 Å². The molecule has 1 heterocycles. The Labute approximate surface area is 93.5 Å². The van der Waals surface area contributed by atoms with E-state index < -0.39 is 0 Å². The minimum atomic E-state index is 0.0188. The molecule has 0 aromatic heterocycles. The number of rotatable bonds is 0. The molecule has 0 bridgehead atoms. The Bertz CT molecular complexity index is 521. The maximum atomic E-state index is 11.7. The standard InChI is InChI=1S/C14H10O2/c15-12-7-3-2-6-11(12)14-9-10-5-1-4-8-13(10)16-14/h1-8H,9H2/b14-11+. The molecule has 0 unspecified atom stereocenters. The third-order valence-corrected chi connectivity index (χ3v) is 2.74. The quantitative estimate of drug-likeness (QED) is 0.615. The van der Waals surface area contributed by atoms with Gasteiger partial charge in [0.25, 0.3) is 0 Å². The summed E-state index contributed by atoms with van der Waals surface area (Å²) in [4.78, 5) is 11.7. The summed E-state index contributed by atoms with van der Waals surface area (Å²) in [5, 5.41) is 0. The van der Waals surface area contributed by atoms with Gasteiger partial charge in [-0.1, -0.05) is 30.4 Å². The Morgan fingerprint density at radius 2 is 1.88 bits per heavy atom. The number of hydrogen-bond donors (Lipinski definition) is 0. The van der Waals surface area contributed by atoms with E-state index in [0.717, 1.165) is 17.1 Å². The van der Waals surface area contributed by atoms with E-state index in [1.54, 1.807) is 12.2 Å². The second-order valence-electron chi connectivity index (χ2n) is 3.81. The van der Waals surface area contributed by atoms with Crippen LogP contribution in [0.5, 0.6) is 5.75 Å². The summed E-state index contributed by atoms with van der Waals surface area (Å²) in [6.07, 6.45) is 7.68. The van der Waals surface area contributed by atoms with Crippen molar-refractivity contribution in [1.29, 1.82) is 0 Å². The maximum absolute atomic E-state index is 11.7. The Morgan fingerprint density at radius 3 is 2.69 bits per heavy atom. The molecule has 0 fully saturated rings. The lowest BCUT2D eigenvalue weighted by Crippen LogP contribution is -2.05. The van der Waals surface area contributed by atoms with E-state index in [1.807, 2.05) is 36.4 Å². The summed E-state index contributed by atoms with van der Waals surface area (Å²) in [5.74, 6) is 1.64. The number of ketones is 1. The van der Waals surface area contributed by atoms with E-state index >= 15 is 0 Å². The average molecular weight is 210 g/mol. The van der Waals surface area contributed by atoms with Crippen molar-refractivity contribution in [3.05, 3.63) is 65.5 Å². The molecule has 1 aliphatic carbocycles. The molecule has 3 rings (SSSR count). The highest BCUT2D eigenvalue weighted by Crippen LogP contribution is 2.32. The van der Waals surface area contributed by atoms with Crippen LogP contribution in [0.1, 0.15) is 5.56 Å². The van der Waals surface area contributed by atoms with Crippen LogP contribution < -0.4 is 4.74 Å². The predicted octanol–water partition coefficient (Wildman–Crippen LogP) is 2.57. The van der Waals surface area contributed by atoms with Gasteiger partial charge in [-0.3, -0.25) is 4.79 Å². The molecule has 2 aliphatic rings. The predicted molar refractivity (Wildman–Crippen MR) is 61.1 cm³/mol. The fourth-order valence-electron chi connectivity index (χ4n) is 1.94. The minimum absolute atomic E-state index is 0.0188. The largest absolute Gasteiger partial charge is 0.460 e. The molecule has 78 valence electrons. The van der Waals surface area contributed by atoms with Crippen molar-refractivity contribution >= 4 is 5.78 Å². The highest BCUT2D eigenvalue weighted by Gasteiger charge is 2.22. The molecule has 0 N–H and O–H groups in total. The number of allylic oxidation sites excluding steroid dienone is 6. The Morgan fingerprint density at radius 1 is 1.06 bits per heavy atom. The highest BCUT2D eigenvalue weighted by molar-refractivity contribution is 6.07. The highest BCUT2D eigenvalue weighted by atomic mass is 16.5. The lowest BCUT2D eigenvalue weighted by molar-refractivity contribution is -0.111. The lowest BCUT2D eigenvalue weighted by atomic mass is 10.0. The van der Waals surface area contributed by atoms with Crippen LogP contribution in [0.25, 0.3) is 0 Å². The van der Waals surface area contributed by atoms with Crippen LogP contribution in [0.2, 0.25) is 0 Å². The second kappa shape index (κ2) is 3.49. The molecule has 0 amide bonds. The zero-order valence-corrected chi connectivity index (χ0v) is 8.64. The third kappa shape index (κ3) is 1.39. The van der Waals surface area contributed by atoms with Gasteiger partial charge in [-0.25, -0.2) is 0 Å². The molecule has 1 aromatic carbocycles. The molecule has 0 spiro atoms. The molecule has 0 atom stereocenters. The molecule has 1 aromatic rings. The van der Waals surface area contributed by atoms with Gasteiger partial charge < -0.3 is 4.74 Å². The van der Waals surface area contributed by atoms with Crippen molar-refractivity contribution < 1.29 is 9.53 Å². The molecule has 0 radical (unpaired) electrons. The number of carbonyl (C=O) groups excluding carboxylic acids is 1. The fraction of sp³-hybridized carbons (Fsp3) is 0.0714. The number of fused-ring (bicyclic) bond motifs is 1. The summed E-state index contributed by atoms with van der Waals surface area (Å²) in [7, 11) is 0. The van der Waals surface area contributed by atoms with Crippen LogP contribution in [0.3, 0.4) is 0 Å². The van der Waals surface area contributed by atoms with Gasteiger partial charge in [-0.2, -0.15) is 0 Å². The van der Waals surface area contributed by atoms with E-state index in [9.17, 15) is 4.79 Å². The Hall–Kier alpha value is -2.09. The van der Waals surface area contributed by atoms with Crippen LogP contribution in [-0.2, 0) is 11.2 Å². The van der Waals surface area contributed by atoms with Crippen molar-refractivity contribution in [1.82, 2.24) is 0 Å². The number of ether oxygens (including phenoxy) is 1. The zero-order valence-electron chi connectivity index (χ0n) is 8.64. The van der Waals surface area contributed by atoms with Gasteiger partial charge in [0, 0.05) is 12.0 Å². The molecular formula is C14H10O2. The molecule has 1 aliphatic heterocycles. The Balaban J connectivity index is 2.02.